The van der Waals surface area contributed by atoms with E-state index in [0.29, 0.717) is 16.7 Å². The summed E-state index contributed by atoms with van der Waals surface area (Å²) < 4.78 is 1.40. The summed E-state index contributed by atoms with van der Waals surface area (Å²) in [6.07, 6.45) is 1.29. The summed E-state index contributed by atoms with van der Waals surface area (Å²) >= 11 is 5.96. The van der Waals surface area contributed by atoms with E-state index in [4.69, 9.17) is 11.6 Å². The second-order valence-electron chi connectivity index (χ2n) is 4.27. The first-order valence-corrected chi connectivity index (χ1v) is 6.27. The molecule has 8 heteroatoms. The maximum Gasteiger partial charge on any atom is 0.252 e. The van der Waals surface area contributed by atoms with Gasteiger partial charge in [0.05, 0.1) is 17.1 Å². The molecular weight excluding hydrogens is 282 g/mol. The molecule has 1 unspecified atom stereocenters. The minimum atomic E-state index is -0.685. The number of hydrogen-bond donors (Lipinski definition) is 2. The molecule has 1 aliphatic rings. The van der Waals surface area contributed by atoms with E-state index in [1.165, 1.54) is 11.0 Å². The summed E-state index contributed by atoms with van der Waals surface area (Å²) in [5, 5.41) is 9.59. The number of para-hydroxylation sites is 1. The lowest BCUT2D eigenvalue weighted by atomic mass is 10.2. The van der Waals surface area contributed by atoms with Gasteiger partial charge in [0.2, 0.25) is 11.9 Å². The second kappa shape index (κ2) is 4.93. The fraction of sp³-hybridized carbons (Fsp3) is 0.167. The number of carbonyl (C=O) groups excluding carboxylic acids is 2. The minimum absolute atomic E-state index is 0.0343. The Morgan fingerprint density at radius 2 is 2.25 bits per heavy atom. The zero-order chi connectivity index (χ0) is 14.1. The molecule has 2 N–H and O–H groups in total. The zero-order valence-electron chi connectivity index (χ0n) is 10.2. The van der Waals surface area contributed by atoms with Crippen molar-refractivity contribution in [2.75, 3.05) is 10.6 Å². The molecule has 0 bridgehead atoms. The Bertz CT molecular complexity index is 684. The number of fused-ring (bicyclic) bond motifs is 1. The predicted octanol–water partition coefficient (Wildman–Crippen LogP) is 1.45. The normalized spacial score (nSPS) is 16.6. The molecule has 0 saturated carbocycles. The average Bonchev–Trinajstić information content (AvgIpc) is 2.96. The predicted molar refractivity (Wildman–Crippen MR) is 72.4 cm³/mol. The fourth-order valence-electron chi connectivity index (χ4n) is 1.99. The van der Waals surface area contributed by atoms with E-state index < -0.39 is 6.04 Å². The van der Waals surface area contributed by atoms with Gasteiger partial charge in [-0.05, 0) is 12.1 Å². The van der Waals surface area contributed by atoms with Gasteiger partial charge in [-0.25, -0.2) is 4.68 Å². The quantitative estimate of drug-likeness (QED) is 0.896. The zero-order valence-corrected chi connectivity index (χ0v) is 11.0. The van der Waals surface area contributed by atoms with E-state index >= 15 is 0 Å². The third kappa shape index (κ3) is 2.23. The molecule has 0 fully saturated rings. The van der Waals surface area contributed by atoms with Crippen molar-refractivity contribution in [1.29, 1.82) is 0 Å². The van der Waals surface area contributed by atoms with E-state index in [2.05, 4.69) is 20.7 Å². The van der Waals surface area contributed by atoms with Crippen LogP contribution >= 0.6 is 11.6 Å². The topological polar surface area (TPSA) is 88.9 Å². The van der Waals surface area contributed by atoms with Crippen LogP contribution in [0.2, 0.25) is 5.02 Å². The Labute approximate surface area is 118 Å². The van der Waals surface area contributed by atoms with Crippen molar-refractivity contribution in [2.24, 2.45) is 0 Å². The van der Waals surface area contributed by atoms with E-state index in [1.54, 1.807) is 24.3 Å². The summed E-state index contributed by atoms with van der Waals surface area (Å²) in [5.41, 5.74) is 0.511. The number of carbonyl (C=O) groups is 2. The number of rotatable bonds is 3. The van der Waals surface area contributed by atoms with E-state index in [0.717, 1.165) is 0 Å². The number of nitrogens with one attached hydrogen (secondary N) is 2. The Kier molecular flexibility index (Phi) is 3.11. The molecule has 20 heavy (non-hydrogen) atoms. The number of hydrogen-bond acceptors (Lipinski definition) is 4. The van der Waals surface area contributed by atoms with E-state index in [-0.39, 0.29) is 18.2 Å². The summed E-state index contributed by atoms with van der Waals surface area (Å²) in [4.78, 5) is 27.6. The second-order valence-corrected chi connectivity index (χ2v) is 4.67. The molecule has 0 saturated heterocycles. The van der Waals surface area contributed by atoms with Crippen molar-refractivity contribution in [2.45, 2.75) is 12.5 Å². The molecule has 2 aromatic rings. The molecule has 1 atom stereocenters. The largest absolute Gasteiger partial charge is 0.325 e. The van der Waals surface area contributed by atoms with Gasteiger partial charge in [-0.1, -0.05) is 23.7 Å². The number of aromatic nitrogens is 3. The van der Waals surface area contributed by atoms with Crippen LogP contribution in [-0.2, 0) is 9.59 Å². The van der Waals surface area contributed by atoms with Gasteiger partial charge in [0.15, 0.2) is 0 Å². The van der Waals surface area contributed by atoms with Gasteiger partial charge >= 0.3 is 0 Å². The van der Waals surface area contributed by atoms with Crippen LogP contribution < -0.4 is 10.6 Å². The highest BCUT2D eigenvalue weighted by molar-refractivity contribution is 6.33. The average molecular weight is 292 g/mol. The SMILES string of the molecule is O=C(CC1C(=O)Nc2ncnn21)Nc1ccccc1Cl. The third-order valence-electron chi connectivity index (χ3n) is 2.93. The Balaban J connectivity index is 1.71. The summed E-state index contributed by atoms with van der Waals surface area (Å²) in [6, 6.07) is 6.21. The van der Waals surface area contributed by atoms with Crippen molar-refractivity contribution in [3.05, 3.63) is 35.6 Å². The first-order chi connectivity index (χ1) is 9.65. The first-order valence-electron chi connectivity index (χ1n) is 5.90. The standard InChI is InChI=1S/C12H10ClN5O2/c13-7-3-1-2-4-8(7)16-10(19)5-9-11(20)17-12-14-6-15-18(9)12/h1-4,6,9H,5H2,(H,16,19)(H,14,15,17,20). The van der Waals surface area contributed by atoms with E-state index in [1.807, 2.05) is 0 Å². The molecule has 1 aromatic heterocycles. The summed E-state index contributed by atoms with van der Waals surface area (Å²) in [5.74, 6) is -0.262. The number of amides is 2. The van der Waals surface area contributed by atoms with Gasteiger partial charge in [0, 0.05) is 0 Å². The van der Waals surface area contributed by atoms with Gasteiger partial charge in [0.1, 0.15) is 12.4 Å². The highest BCUT2D eigenvalue weighted by atomic mass is 35.5. The molecule has 1 aliphatic heterocycles. The Hall–Kier alpha value is -2.41. The van der Waals surface area contributed by atoms with Crippen LogP contribution in [0.1, 0.15) is 12.5 Å². The van der Waals surface area contributed by atoms with Crippen molar-refractivity contribution < 1.29 is 9.59 Å². The van der Waals surface area contributed by atoms with Crippen LogP contribution in [0.5, 0.6) is 0 Å². The van der Waals surface area contributed by atoms with Crippen LogP contribution in [0, 0.1) is 0 Å². The molecule has 7 nitrogen and oxygen atoms in total. The molecule has 2 heterocycles. The van der Waals surface area contributed by atoms with Crippen LogP contribution in [0.3, 0.4) is 0 Å². The highest BCUT2D eigenvalue weighted by Gasteiger charge is 2.33. The minimum Gasteiger partial charge on any atom is -0.325 e. The van der Waals surface area contributed by atoms with Crippen LogP contribution in [0.25, 0.3) is 0 Å². The molecule has 2 amide bonds. The molecule has 0 aliphatic carbocycles. The van der Waals surface area contributed by atoms with Crippen LogP contribution in [0.4, 0.5) is 11.6 Å². The molecule has 0 radical (unpaired) electrons. The monoisotopic (exact) mass is 291 g/mol. The van der Waals surface area contributed by atoms with E-state index in [9.17, 15) is 9.59 Å². The molecule has 3 rings (SSSR count). The summed E-state index contributed by atoms with van der Waals surface area (Å²) in [6.45, 7) is 0. The third-order valence-corrected chi connectivity index (χ3v) is 3.26. The number of benzene rings is 1. The number of anilines is 2. The van der Waals surface area contributed by atoms with Gasteiger partial charge in [-0.15, -0.1) is 0 Å². The van der Waals surface area contributed by atoms with Crippen molar-refractivity contribution in [3.63, 3.8) is 0 Å². The van der Waals surface area contributed by atoms with Gasteiger partial charge in [-0.3, -0.25) is 14.9 Å². The Morgan fingerprint density at radius 3 is 3.05 bits per heavy atom. The van der Waals surface area contributed by atoms with Crippen LogP contribution in [0.15, 0.2) is 30.6 Å². The Morgan fingerprint density at radius 1 is 1.45 bits per heavy atom. The highest BCUT2D eigenvalue weighted by Crippen LogP contribution is 2.25. The van der Waals surface area contributed by atoms with Gasteiger partial charge in [-0.2, -0.15) is 10.1 Å². The maximum absolute atomic E-state index is 12.0. The van der Waals surface area contributed by atoms with Crippen molar-refractivity contribution in [3.8, 4) is 0 Å². The number of nitrogens with zero attached hydrogens (tertiary/aromatic N) is 3. The lowest BCUT2D eigenvalue weighted by Gasteiger charge is -2.10. The van der Waals surface area contributed by atoms with Crippen molar-refractivity contribution in [1.82, 2.24) is 14.8 Å². The molecule has 102 valence electrons. The van der Waals surface area contributed by atoms with Crippen LogP contribution in [-0.4, -0.2) is 26.6 Å². The maximum atomic E-state index is 12.0. The molecular formula is C12H10ClN5O2. The lowest BCUT2D eigenvalue weighted by molar-refractivity contribution is -0.123. The molecule has 0 spiro atoms. The summed E-state index contributed by atoms with van der Waals surface area (Å²) in [7, 11) is 0. The number of halogens is 1. The fourth-order valence-corrected chi connectivity index (χ4v) is 2.17. The lowest BCUT2D eigenvalue weighted by Crippen LogP contribution is -2.23. The van der Waals surface area contributed by atoms with Gasteiger partial charge in [0.25, 0.3) is 5.91 Å². The first kappa shape index (κ1) is 12.6. The smallest absolute Gasteiger partial charge is 0.252 e. The molecule has 1 aromatic carbocycles. The van der Waals surface area contributed by atoms with Gasteiger partial charge < -0.3 is 5.32 Å². The van der Waals surface area contributed by atoms with Crippen molar-refractivity contribution >= 4 is 35.1 Å².